The molecule has 0 aromatic heterocycles. The molecule has 0 bridgehead atoms. The molecule has 26 heavy (non-hydrogen) atoms. The molecule has 1 fully saturated rings. The number of rotatable bonds is 7. The second kappa shape index (κ2) is 11.5. The molecule has 0 spiro atoms. The molecule has 1 aromatic rings. The van der Waals surface area contributed by atoms with Crippen LogP contribution in [0.2, 0.25) is 0 Å². The van der Waals surface area contributed by atoms with Crippen molar-refractivity contribution in [2.75, 3.05) is 39.3 Å². The van der Waals surface area contributed by atoms with Gasteiger partial charge in [0.05, 0.1) is 13.1 Å². The summed E-state index contributed by atoms with van der Waals surface area (Å²) in [6.45, 7) is 1.92. The van der Waals surface area contributed by atoms with Crippen LogP contribution < -0.4 is 11.1 Å². The van der Waals surface area contributed by atoms with Crippen LogP contribution >= 0.6 is 12.4 Å². The van der Waals surface area contributed by atoms with Crippen LogP contribution in [0, 0.1) is 0 Å². The van der Waals surface area contributed by atoms with Gasteiger partial charge in [0.2, 0.25) is 17.7 Å². The molecule has 2 rings (SSSR count). The molecule has 0 atom stereocenters. The van der Waals surface area contributed by atoms with Crippen LogP contribution in [-0.4, -0.2) is 66.8 Å². The van der Waals surface area contributed by atoms with E-state index in [-0.39, 0.29) is 43.2 Å². The van der Waals surface area contributed by atoms with Crippen LogP contribution in [0.1, 0.15) is 18.4 Å². The van der Waals surface area contributed by atoms with E-state index >= 15 is 0 Å². The highest BCUT2D eigenvalue weighted by Crippen LogP contribution is 2.09. The highest BCUT2D eigenvalue weighted by Gasteiger charge is 2.23. The number of carbonyl (C=O) groups excluding carboxylic acids is 3. The lowest BCUT2D eigenvalue weighted by atomic mass is 10.1. The SMILES string of the molecule is Cl.NCC(=O)NCC(=O)N1CCN(C(=O)CCCc2ccccc2)CC1. The number of hydrogen-bond donors (Lipinski definition) is 2. The Hall–Kier alpha value is -2.12. The van der Waals surface area contributed by atoms with Crippen molar-refractivity contribution in [2.45, 2.75) is 19.3 Å². The Morgan fingerprint density at radius 3 is 2.12 bits per heavy atom. The first-order valence-electron chi connectivity index (χ1n) is 8.66. The van der Waals surface area contributed by atoms with Crippen LogP contribution in [0.3, 0.4) is 0 Å². The Labute approximate surface area is 160 Å². The topological polar surface area (TPSA) is 95.7 Å². The monoisotopic (exact) mass is 382 g/mol. The zero-order chi connectivity index (χ0) is 18.1. The molecule has 144 valence electrons. The molecule has 0 saturated carbocycles. The van der Waals surface area contributed by atoms with Gasteiger partial charge in [-0.05, 0) is 18.4 Å². The Morgan fingerprint density at radius 2 is 1.54 bits per heavy atom. The minimum absolute atomic E-state index is 0. The van der Waals surface area contributed by atoms with Gasteiger partial charge in [-0.15, -0.1) is 12.4 Å². The summed E-state index contributed by atoms with van der Waals surface area (Å²) in [6.07, 6.45) is 2.24. The van der Waals surface area contributed by atoms with Crippen LogP contribution in [0.5, 0.6) is 0 Å². The zero-order valence-electron chi connectivity index (χ0n) is 14.9. The summed E-state index contributed by atoms with van der Waals surface area (Å²) in [5, 5.41) is 2.47. The van der Waals surface area contributed by atoms with Gasteiger partial charge in [0, 0.05) is 32.6 Å². The fraction of sp³-hybridized carbons (Fsp3) is 0.500. The first kappa shape index (κ1) is 21.9. The molecule has 0 radical (unpaired) electrons. The van der Waals surface area contributed by atoms with E-state index in [0.717, 1.165) is 12.8 Å². The van der Waals surface area contributed by atoms with Gasteiger partial charge in [-0.25, -0.2) is 0 Å². The standard InChI is InChI=1S/C18H26N4O3.ClH/c19-13-16(23)20-14-18(25)22-11-9-21(10-12-22)17(24)8-4-7-15-5-2-1-3-6-15;/h1-3,5-6H,4,7-14,19H2,(H,20,23);1H. The molecule has 1 aliphatic rings. The Bertz CT molecular complexity index is 589. The number of piperazine rings is 1. The number of halogens is 1. The summed E-state index contributed by atoms with van der Waals surface area (Å²) in [4.78, 5) is 38.8. The maximum Gasteiger partial charge on any atom is 0.242 e. The average Bonchev–Trinajstić information content (AvgIpc) is 2.66. The summed E-state index contributed by atoms with van der Waals surface area (Å²) < 4.78 is 0. The first-order valence-corrected chi connectivity index (χ1v) is 8.66. The van der Waals surface area contributed by atoms with E-state index in [1.165, 1.54) is 5.56 Å². The summed E-state index contributed by atoms with van der Waals surface area (Å²) in [7, 11) is 0. The number of hydrogen-bond acceptors (Lipinski definition) is 4. The van der Waals surface area contributed by atoms with Gasteiger partial charge in [0.1, 0.15) is 0 Å². The molecule has 1 saturated heterocycles. The van der Waals surface area contributed by atoms with Crippen LogP contribution in [0.25, 0.3) is 0 Å². The molecule has 0 unspecified atom stereocenters. The fourth-order valence-corrected chi connectivity index (χ4v) is 2.81. The predicted octanol–water partition coefficient (Wildman–Crippen LogP) is 0.177. The van der Waals surface area contributed by atoms with Crippen molar-refractivity contribution in [3.8, 4) is 0 Å². The molecule has 3 N–H and O–H groups in total. The van der Waals surface area contributed by atoms with Crippen LogP contribution in [0.15, 0.2) is 30.3 Å². The summed E-state index contributed by atoms with van der Waals surface area (Å²) >= 11 is 0. The lowest BCUT2D eigenvalue weighted by Crippen LogP contribution is -2.52. The van der Waals surface area contributed by atoms with Crippen LogP contribution in [0.4, 0.5) is 0 Å². The molecular formula is C18H27ClN4O3. The summed E-state index contributed by atoms with van der Waals surface area (Å²) in [6, 6.07) is 10.1. The fourth-order valence-electron chi connectivity index (χ4n) is 2.81. The Balaban J connectivity index is 0.00000338. The van der Waals surface area contributed by atoms with Gasteiger partial charge < -0.3 is 20.9 Å². The molecule has 7 nitrogen and oxygen atoms in total. The Morgan fingerprint density at radius 1 is 0.962 bits per heavy atom. The van der Waals surface area contributed by atoms with E-state index in [1.54, 1.807) is 4.90 Å². The van der Waals surface area contributed by atoms with Gasteiger partial charge in [0.25, 0.3) is 0 Å². The minimum Gasteiger partial charge on any atom is -0.346 e. The van der Waals surface area contributed by atoms with Crippen molar-refractivity contribution in [2.24, 2.45) is 5.73 Å². The number of nitrogens with two attached hydrogens (primary N) is 1. The number of amides is 3. The highest BCUT2D eigenvalue weighted by molar-refractivity contribution is 5.86. The number of aryl methyl sites for hydroxylation is 1. The second-order valence-electron chi connectivity index (χ2n) is 6.08. The van der Waals surface area contributed by atoms with E-state index in [0.29, 0.717) is 32.6 Å². The van der Waals surface area contributed by atoms with Crippen molar-refractivity contribution in [1.82, 2.24) is 15.1 Å². The van der Waals surface area contributed by atoms with Crippen molar-refractivity contribution >= 4 is 30.1 Å². The van der Waals surface area contributed by atoms with Crippen LogP contribution in [-0.2, 0) is 20.8 Å². The van der Waals surface area contributed by atoms with Gasteiger partial charge in [-0.3, -0.25) is 14.4 Å². The summed E-state index contributed by atoms with van der Waals surface area (Å²) in [5.41, 5.74) is 6.43. The second-order valence-corrected chi connectivity index (χ2v) is 6.08. The first-order chi connectivity index (χ1) is 12.1. The molecule has 1 aliphatic heterocycles. The highest BCUT2D eigenvalue weighted by atomic mass is 35.5. The largest absolute Gasteiger partial charge is 0.346 e. The Kier molecular flexibility index (Phi) is 9.69. The molecule has 0 aliphatic carbocycles. The third-order valence-corrected chi connectivity index (χ3v) is 4.31. The van der Waals surface area contributed by atoms with Crippen molar-refractivity contribution < 1.29 is 14.4 Å². The average molecular weight is 383 g/mol. The smallest absolute Gasteiger partial charge is 0.242 e. The van der Waals surface area contributed by atoms with E-state index in [4.69, 9.17) is 5.73 Å². The number of nitrogens with zero attached hydrogens (tertiary/aromatic N) is 2. The van der Waals surface area contributed by atoms with Gasteiger partial charge in [0.15, 0.2) is 0 Å². The third-order valence-electron chi connectivity index (χ3n) is 4.31. The van der Waals surface area contributed by atoms with E-state index < -0.39 is 0 Å². The molecule has 8 heteroatoms. The molecule has 3 amide bonds. The lowest BCUT2D eigenvalue weighted by Gasteiger charge is -2.35. The van der Waals surface area contributed by atoms with Crippen molar-refractivity contribution in [3.63, 3.8) is 0 Å². The lowest BCUT2D eigenvalue weighted by molar-refractivity contribution is -0.139. The van der Waals surface area contributed by atoms with Crippen molar-refractivity contribution in [3.05, 3.63) is 35.9 Å². The maximum absolute atomic E-state index is 12.3. The van der Waals surface area contributed by atoms with E-state index in [2.05, 4.69) is 17.4 Å². The molecular weight excluding hydrogens is 356 g/mol. The number of benzene rings is 1. The van der Waals surface area contributed by atoms with E-state index in [9.17, 15) is 14.4 Å². The summed E-state index contributed by atoms with van der Waals surface area (Å²) in [5.74, 6) is -0.349. The predicted molar refractivity (Wildman–Crippen MR) is 102 cm³/mol. The van der Waals surface area contributed by atoms with Gasteiger partial charge in [-0.2, -0.15) is 0 Å². The maximum atomic E-state index is 12.3. The zero-order valence-corrected chi connectivity index (χ0v) is 15.7. The van der Waals surface area contributed by atoms with E-state index in [1.807, 2.05) is 23.1 Å². The van der Waals surface area contributed by atoms with Crippen molar-refractivity contribution in [1.29, 1.82) is 0 Å². The third kappa shape index (κ3) is 7.01. The van der Waals surface area contributed by atoms with Gasteiger partial charge in [-0.1, -0.05) is 30.3 Å². The quantitative estimate of drug-likeness (QED) is 0.703. The molecule has 1 aromatic carbocycles. The molecule has 1 heterocycles. The van der Waals surface area contributed by atoms with Gasteiger partial charge >= 0.3 is 0 Å². The normalized spacial score (nSPS) is 13.7. The number of nitrogens with one attached hydrogen (secondary N) is 1. The minimum atomic E-state index is -0.347. The number of carbonyl (C=O) groups is 3.